The molecule has 1 atom stereocenters. The summed E-state index contributed by atoms with van der Waals surface area (Å²) in [5.74, 6) is -1.20. The summed E-state index contributed by atoms with van der Waals surface area (Å²) in [6, 6.07) is 8.62. The molecular formula is C17H23N3O4. The van der Waals surface area contributed by atoms with Crippen molar-refractivity contribution < 1.29 is 19.5 Å². The van der Waals surface area contributed by atoms with Crippen molar-refractivity contribution in [3.05, 3.63) is 35.9 Å². The Morgan fingerprint density at radius 2 is 2.00 bits per heavy atom. The summed E-state index contributed by atoms with van der Waals surface area (Å²) in [6.45, 7) is 1.14. The average Bonchev–Trinajstić information content (AvgIpc) is 3.05. The van der Waals surface area contributed by atoms with Crippen molar-refractivity contribution in [2.75, 3.05) is 20.1 Å². The van der Waals surface area contributed by atoms with E-state index in [4.69, 9.17) is 5.11 Å². The summed E-state index contributed by atoms with van der Waals surface area (Å²) in [7, 11) is 1.69. The lowest BCUT2D eigenvalue weighted by molar-refractivity contribution is -0.148. The first kappa shape index (κ1) is 17.8. The molecule has 7 nitrogen and oxygen atoms in total. The number of carbonyl (C=O) groups is 3. The second-order valence-corrected chi connectivity index (χ2v) is 5.91. The standard InChI is InChI=1S/C17H23N3O4/c1-19(12-13-6-3-2-4-7-13)17(24)18-10-9-15(21)20-11-5-8-14(20)16(22)23/h2-4,6-7,14H,5,8-12H2,1H3,(H,18,24)(H,22,23). The number of carbonyl (C=O) groups excluding carboxylic acids is 2. The van der Waals surface area contributed by atoms with Crippen LogP contribution in [0.15, 0.2) is 30.3 Å². The van der Waals surface area contributed by atoms with Gasteiger partial charge in [-0.1, -0.05) is 30.3 Å². The number of nitrogens with zero attached hydrogens (tertiary/aromatic N) is 2. The molecule has 3 amide bonds. The molecule has 1 aliphatic rings. The minimum Gasteiger partial charge on any atom is -0.480 e. The van der Waals surface area contributed by atoms with E-state index in [0.717, 1.165) is 5.56 Å². The van der Waals surface area contributed by atoms with Gasteiger partial charge in [0, 0.05) is 33.1 Å². The predicted molar refractivity (Wildman–Crippen MR) is 88.3 cm³/mol. The average molecular weight is 333 g/mol. The Labute approximate surface area is 141 Å². The Morgan fingerprint density at radius 3 is 2.67 bits per heavy atom. The topological polar surface area (TPSA) is 90.0 Å². The third-order valence-electron chi connectivity index (χ3n) is 4.08. The van der Waals surface area contributed by atoms with Gasteiger partial charge in [0.2, 0.25) is 5.91 Å². The largest absolute Gasteiger partial charge is 0.480 e. The van der Waals surface area contributed by atoms with Gasteiger partial charge in [-0.25, -0.2) is 9.59 Å². The molecule has 0 aromatic heterocycles. The number of benzene rings is 1. The van der Waals surface area contributed by atoms with E-state index in [9.17, 15) is 14.4 Å². The third kappa shape index (κ3) is 4.71. The monoisotopic (exact) mass is 333 g/mol. The number of rotatable bonds is 6. The second kappa shape index (κ2) is 8.33. The van der Waals surface area contributed by atoms with Gasteiger partial charge in [-0.05, 0) is 18.4 Å². The maximum Gasteiger partial charge on any atom is 0.326 e. The summed E-state index contributed by atoms with van der Waals surface area (Å²) >= 11 is 0. The minimum absolute atomic E-state index is 0.106. The summed E-state index contributed by atoms with van der Waals surface area (Å²) in [4.78, 5) is 38.1. The molecule has 0 aliphatic carbocycles. The Bertz CT molecular complexity index is 591. The van der Waals surface area contributed by atoms with Crippen LogP contribution in [0.3, 0.4) is 0 Å². The molecule has 1 fully saturated rings. The number of aliphatic carboxylic acids is 1. The minimum atomic E-state index is -0.965. The highest BCUT2D eigenvalue weighted by molar-refractivity contribution is 5.84. The van der Waals surface area contributed by atoms with Gasteiger partial charge < -0.3 is 20.2 Å². The fourth-order valence-corrected chi connectivity index (χ4v) is 2.81. The van der Waals surface area contributed by atoms with Crippen molar-refractivity contribution in [1.29, 1.82) is 0 Å². The summed E-state index contributed by atoms with van der Waals surface area (Å²) in [5, 5.41) is 11.8. The van der Waals surface area contributed by atoms with E-state index >= 15 is 0 Å². The molecule has 0 bridgehead atoms. The van der Waals surface area contributed by atoms with Gasteiger partial charge in [-0.2, -0.15) is 0 Å². The summed E-state index contributed by atoms with van der Waals surface area (Å²) < 4.78 is 0. The van der Waals surface area contributed by atoms with E-state index in [1.165, 1.54) is 9.80 Å². The van der Waals surface area contributed by atoms with E-state index < -0.39 is 12.0 Å². The normalized spacial score (nSPS) is 16.7. The van der Waals surface area contributed by atoms with Crippen molar-refractivity contribution in [2.45, 2.75) is 31.8 Å². The fourth-order valence-electron chi connectivity index (χ4n) is 2.81. The van der Waals surface area contributed by atoms with Gasteiger partial charge in [-0.3, -0.25) is 4.79 Å². The molecule has 1 saturated heterocycles. The second-order valence-electron chi connectivity index (χ2n) is 5.91. The van der Waals surface area contributed by atoms with Crippen LogP contribution in [-0.2, 0) is 16.1 Å². The van der Waals surface area contributed by atoms with Crippen LogP contribution in [0.25, 0.3) is 0 Å². The molecule has 1 aromatic rings. The first-order valence-corrected chi connectivity index (χ1v) is 8.04. The zero-order chi connectivity index (χ0) is 17.5. The van der Waals surface area contributed by atoms with Crippen molar-refractivity contribution in [1.82, 2.24) is 15.1 Å². The predicted octanol–water partition coefficient (Wildman–Crippen LogP) is 1.29. The molecule has 7 heteroatoms. The first-order chi connectivity index (χ1) is 11.5. The zero-order valence-electron chi connectivity index (χ0n) is 13.8. The molecule has 0 spiro atoms. The maximum atomic E-state index is 12.1. The fraction of sp³-hybridized carbons (Fsp3) is 0.471. The number of carboxylic acids is 1. The lowest BCUT2D eigenvalue weighted by atomic mass is 10.2. The highest BCUT2D eigenvalue weighted by Gasteiger charge is 2.33. The van der Waals surface area contributed by atoms with Crippen molar-refractivity contribution in [2.24, 2.45) is 0 Å². The molecule has 0 saturated carbocycles. The van der Waals surface area contributed by atoms with Gasteiger partial charge >= 0.3 is 12.0 Å². The molecule has 130 valence electrons. The summed E-state index contributed by atoms with van der Waals surface area (Å²) in [6.07, 6.45) is 1.30. The van der Waals surface area contributed by atoms with Crippen LogP contribution >= 0.6 is 0 Å². The van der Waals surface area contributed by atoms with Crippen LogP contribution in [-0.4, -0.2) is 59.0 Å². The van der Waals surface area contributed by atoms with Crippen molar-refractivity contribution in [3.8, 4) is 0 Å². The van der Waals surface area contributed by atoms with Crippen LogP contribution < -0.4 is 5.32 Å². The Hall–Kier alpha value is -2.57. The van der Waals surface area contributed by atoms with Gasteiger partial charge in [0.25, 0.3) is 0 Å². The smallest absolute Gasteiger partial charge is 0.326 e. The molecule has 2 N–H and O–H groups in total. The first-order valence-electron chi connectivity index (χ1n) is 8.04. The Morgan fingerprint density at radius 1 is 1.29 bits per heavy atom. The van der Waals surface area contributed by atoms with Crippen LogP contribution in [0.4, 0.5) is 4.79 Å². The number of nitrogens with one attached hydrogen (secondary N) is 1. The number of hydrogen-bond acceptors (Lipinski definition) is 3. The van der Waals surface area contributed by atoms with Gasteiger partial charge in [0.05, 0.1) is 0 Å². The van der Waals surface area contributed by atoms with E-state index in [1.54, 1.807) is 7.05 Å². The lowest BCUT2D eigenvalue weighted by Crippen LogP contribution is -2.43. The number of amides is 3. The SMILES string of the molecule is CN(Cc1ccccc1)C(=O)NCCC(=O)N1CCCC1C(=O)O. The van der Waals surface area contributed by atoms with E-state index in [-0.39, 0.29) is 24.9 Å². The van der Waals surface area contributed by atoms with Crippen molar-refractivity contribution >= 4 is 17.9 Å². The van der Waals surface area contributed by atoms with Crippen LogP contribution in [0.2, 0.25) is 0 Å². The van der Waals surface area contributed by atoms with Crippen LogP contribution in [0.5, 0.6) is 0 Å². The Balaban J connectivity index is 1.74. The molecule has 2 rings (SSSR count). The molecule has 1 heterocycles. The lowest BCUT2D eigenvalue weighted by Gasteiger charge is -2.22. The van der Waals surface area contributed by atoms with Crippen molar-refractivity contribution in [3.63, 3.8) is 0 Å². The third-order valence-corrected chi connectivity index (χ3v) is 4.08. The number of hydrogen-bond donors (Lipinski definition) is 2. The Kier molecular flexibility index (Phi) is 6.17. The van der Waals surface area contributed by atoms with Crippen LogP contribution in [0.1, 0.15) is 24.8 Å². The highest BCUT2D eigenvalue weighted by atomic mass is 16.4. The summed E-state index contributed by atoms with van der Waals surface area (Å²) in [5.41, 5.74) is 1.02. The van der Waals surface area contributed by atoms with Gasteiger partial charge in [0.15, 0.2) is 0 Å². The molecule has 1 unspecified atom stereocenters. The molecule has 1 aliphatic heterocycles. The molecular weight excluding hydrogens is 310 g/mol. The maximum absolute atomic E-state index is 12.1. The van der Waals surface area contributed by atoms with Gasteiger partial charge in [0.1, 0.15) is 6.04 Å². The molecule has 1 aromatic carbocycles. The van der Waals surface area contributed by atoms with E-state index in [0.29, 0.717) is 25.9 Å². The van der Waals surface area contributed by atoms with Gasteiger partial charge in [-0.15, -0.1) is 0 Å². The number of urea groups is 1. The van der Waals surface area contributed by atoms with E-state index in [2.05, 4.69) is 5.32 Å². The molecule has 24 heavy (non-hydrogen) atoms. The molecule has 0 radical (unpaired) electrons. The number of likely N-dealkylation sites (tertiary alicyclic amines) is 1. The zero-order valence-corrected chi connectivity index (χ0v) is 13.8. The van der Waals surface area contributed by atoms with Crippen LogP contribution in [0, 0.1) is 0 Å². The highest BCUT2D eigenvalue weighted by Crippen LogP contribution is 2.18. The quantitative estimate of drug-likeness (QED) is 0.821. The number of carboxylic acid groups (broad SMARTS) is 1. The van der Waals surface area contributed by atoms with E-state index in [1.807, 2.05) is 30.3 Å².